The van der Waals surface area contributed by atoms with Crippen LogP contribution in [0.3, 0.4) is 0 Å². The molecule has 1 amide bonds. The summed E-state index contributed by atoms with van der Waals surface area (Å²) in [4.78, 5) is 24.2. The van der Waals surface area contributed by atoms with Gasteiger partial charge >= 0.3 is 0 Å². The maximum atomic E-state index is 10.5. The summed E-state index contributed by atoms with van der Waals surface area (Å²) in [5.74, 6) is 2.06. The molecular weight excluding hydrogens is 1290 g/mol. The number of ether oxygens (including phenoxy) is 1. The van der Waals surface area contributed by atoms with Gasteiger partial charge in [0, 0.05) is 113 Å². The van der Waals surface area contributed by atoms with Gasteiger partial charge in [0.05, 0.1) is 81.2 Å². The number of likely N-dealkylation sites (N-methyl/N-ethyl adjacent to an activating group) is 5. The first-order valence-electron chi connectivity index (χ1n) is 39.2. The molecule has 4 bridgehead atoms. The monoisotopic (exact) mass is 1450 g/mol. The second-order valence-electron chi connectivity index (χ2n) is 32.5. The molecule has 19 N–H and O–H groups in total. The van der Waals surface area contributed by atoms with Gasteiger partial charge in [0.25, 0.3) is 0 Å². The summed E-state index contributed by atoms with van der Waals surface area (Å²) in [5.41, 5.74) is 5.90. The lowest BCUT2D eigenvalue weighted by atomic mass is 9.62. The third-order valence-electron chi connectivity index (χ3n) is 22.8. The summed E-state index contributed by atoms with van der Waals surface area (Å²) in [6, 6.07) is 3.08. The lowest BCUT2D eigenvalue weighted by molar-refractivity contribution is -0.120. The number of nitrogens with zero attached hydrogens (tertiary/aromatic N) is 6. The Bertz CT molecular complexity index is 1900. The number of nitrogens with one attached hydrogen (secondary N) is 6. The number of morpholine rings is 1. The number of β-amino-alcohol motifs (C(OH)–C–C–N with tert-alkyl or cyclic N) is 2. The number of rotatable bonds is 15. The lowest BCUT2D eigenvalue weighted by Gasteiger charge is -2.56. The quantitative estimate of drug-likeness (QED) is 0.102. The fourth-order valence-corrected chi connectivity index (χ4v) is 15.7. The van der Waals surface area contributed by atoms with E-state index >= 15 is 0 Å². The molecule has 0 radical (unpaired) electrons. The molecule has 13 rings (SSSR count). The predicted molar refractivity (Wildman–Crippen MR) is 408 cm³/mol. The summed E-state index contributed by atoms with van der Waals surface area (Å²) >= 11 is 0. The molecule has 26 heteroatoms. The highest BCUT2D eigenvalue weighted by Crippen LogP contribution is 2.47. The van der Waals surface area contributed by atoms with E-state index in [9.17, 15) is 15.0 Å². The van der Waals surface area contributed by atoms with Crippen LogP contribution in [0, 0.1) is 34.5 Å². The highest BCUT2D eigenvalue weighted by atomic mass is 16.5. The minimum Gasteiger partial charge on any atom is -0.396 e. The van der Waals surface area contributed by atoms with Crippen molar-refractivity contribution in [1.82, 2.24) is 61.3 Å². The van der Waals surface area contributed by atoms with Crippen molar-refractivity contribution in [3.05, 3.63) is 0 Å². The molecule has 0 aromatic rings. The molecule has 101 heavy (non-hydrogen) atoms. The van der Waals surface area contributed by atoms with Crippen molar-refractivity contribution in [2.24, 2.45) is 40.2 Å². The molecule has 8 heterocycles. The first kappa shape index (κ1) is 95.6. The second kappa shape index (κ2) is 53.3. The summed E-state index contributed by atoms with van der Waals surface area (Å²) < 4.78 is 5.39. The van der Waals surface area contributed by atoms with Crippen molar-refractivity contribution in [3.63, 3.8) is 0 Å². The smallest absolute Gasteiger partial charge is 0.234 e. The van der Waals surface area contributed by atoms with E-state index in [-0.39, 0.29) is 85.3 Å². The van der Waals surface area contributed by atoms with E-state index in [1.807, 2.05) is 56.1 Å². The van der Waals surface area contributed by atoms with Gasteiger partial charge in [-0.15, -0.1) is 0 Å². The van der Waals surface area contributed by atoms with Crippen molar-refractivity contribution >= 4 is 5.91 Å². The van der Waals surface area contributed by atoms with Crippen LogP contribution >= 0.6 is 0 Å². The van der Waals surface area contributed by atoms with E-state index in [0.717, 1.165) is 167 Å². The fourth-order valence-electron chi connectivity index (χ4n) is 15.7. The van der Waals surface area contributed by atoms with Crippen LogP contribution in [0.25, 0.3) is 0 Å². The van der Waals surface area contributed by atoms with Gasteiger partial charge in [-0.25, -0.2) is 0 Å². The lowest BCUT2D eigenvalue weighted by Crippen LogP contribution is -2.62. The van der Waals surface area contributed by atoms with Crippen LogP contribution in [0.5, 0.6) is 0 Å². The van der Waals surface area contributed by atoms with Crippen LogP contribution in [0.4, 0.5) is 0 Å². The molecule has 13 fully saturated rings. The minimum absolute atomic E-state index is 0.00583. The van der Waals surface area contributed by atoms with Gasteiger partial charge in [-0.1, -0.05) is 26.7 Å². The molecule has 1 spiro atoms. The van der Waals surface area contributed by atoms with Gasteiger partial charge in [0.2, 0.25) is 5.91 Å². The number of aliphatic hydroxyl groups is 11. The zero-order valence-corrected chi connectivity index (χ0v) is 66.2. The summed E-state index contributed by atoms with van der Waals surface area (Å²) in [7, 11) is 23.9. The van der Waals surface area contributed by atoms with Crippen molar-refractivity contribution in [2.45, 2.75) is 247 Å². The maximum Gasteiger partial charge on any atom is 0.234 e. The number of carbonyl (C=O) groups excluding carboxylic acids is 1. The SMILES string of the molecule is CN1C2CCC1CC(O)C2.CN1C2CCC1COC2.CN1CC(O)C1.CN1CC2(CC(O)C2)C1.CN1CCC(O)CC1.CN1CC[C@H](O)C1.CNC(CO)CO.CNCC1(CO)CC1.CNCC1CC(O)C1.CNCC1CCC(O)CC1.CN[C@H](C(N)=O)C(C)C.CN[C@H]1CCCC[C@H]1CO. The van der Waals surface area contributed by atoms with Gasteiger partial charge in [-0.2, -0.15) is 0 Å². The number of carbonyl (C=O) groups is 1. The Morgan fingerprint density at radius 3 is 1.28 bits per heavy atom. The molecule has 26 nitrogen and oxygen atoms in total. The molecular formula is C75H159N13O13. The predicted octanol–water partition coefficient (Wildman–Crippen LogP) is -0.0519. The van der Waals surface area contributed by atoms with Gasteiger partial charge in [-0.3, -0.25) is 9.69 Å². The summed E-state index contributed by atoms with van der Waals surface area (Å²) in [5, 5.41) is 115. The molecule has 13 aliphatic rings. The Hall–Kier alpha value is -1.49. The molecule has 5 saturated carbocycles. The minimum atomic E-state index is -0.285. The van der Waals surface area contributed by atoms with E-state index in [1.165, 1.54) is 90.1 Å². The standard InChI is InChI=1S/C8H15NO.2C8H17NO.2C7H13NO.C6H14N2O.3C6H13NO.C5H11NO.C4H11NO2.C4H9NO/c1-9-6-2-3-7(9)5-8(10)4-6;1-9-6-7-2-4-8(10)5-3-7;1-9-8-5-3-2-4-7(8)6-10;1-8-4-7(5-8)2-6(9)3-7;1-8-6-2-3-7(8)5-9-4-6;1-4(2)5(8-3)6(7)9;1-7-4-5-2-6(8)3-5;1-7-4-2-6(8)3-5-7;1-7-4-6(5-8)2-3-6;1-6-3-2-5(7)4-6;1-5-4(2-6)3-7;1-5-2-4(6)3-5/h6-8,10H,2-5H2,1H3;2*7-10H,2-6H2,1H3;6,9H,2-5H2,1H3;6-7H,2-5H2,1H3;4-5,8H,1-3H3,(H2,7,9);5-8H,2-4H2,1H3;6,8H,2-5H2,1H3;7-8H,2-5H2,1H3;5,7H,2-4H2,1H3;4-7H,2-3H2,1H3;4,6H,2-3H2,1H3/t;;7-,8-;;;5-;;;;5-;;/m..0..0...0../s1. The molecule has 5 aliphatic carbocycles. The second-order valence-corrected chi connectivity index (χ2v) is 32.5. The number of hydrogen-bond acceptors (Lipinski definition) is 25. The average Bonchev–Trinajstić information content (AvgIpc) is 1.67. The molecule has 8 saturated heterocycles. The van der Waals surface area contributed by atoms with Gasteiger partial charge in [-0.05, 0) is 256 Å². The number of primary amides is 1. The number of piperidine rings is 2. The highest BCUT2D eigenvalue weighted by Gasteiger charge is 2.50. The molecule has 8 atom stereocenters. The first-order chi connectivity index (χ1) is 48.0. The average molecular weight is 1450 g/mol. The topological polar surface area (TPSA) is 366 Å². The zero-order chi connectivity index (χ0) is 75.7. The molecule has 0 aromatic carbocycles. The van der Waals surface area contributed by atoms with Gasteiger partial charge in [0.1, 0.15) is 0 Å². The molecule has 602 valence electrons. The third-order valence-corrected chi connectivity index (χ3v) is 22.8. The summed E-state index contributed by atoms with van der Waals surface area (Å²) in [6.07, 6.45) is 26.1. The van der Waals surface area contributed by atoms with Crippen LogP contribution in [-0.2, 0) is 9.53 Å². The normalized spacial score (nSPS) is 31.2. The molecule has 8 aliphatic heterocycles. The fraction of sp³-hybridized carbons (Fsp3) is 0.987. The zero-order valence-electron chi connectivity index (χ0n) is 66.2. The first-order valence-corrected chi connectivity index (χ1v) is 39.2. The van der Waals surface area contributed by atoms with Crippen molar-refractivity contribution < 1.29 is 65.7 Å². The Morgan fingerprint density at radius 2 is 0.980 bits per heavy atom. The Morgan fingerprint density at radius 1 is 0.505 bits per heavy atom. The number of likely N-dealkylation sites (tertiary alicyclic amines) is 4. The van der Waals surface area contributed by atoms with Crippen LogP contribution in [0.2, 0.25) is 0 Å². The van der Waals surface area contributed by atoms with Crippen molar-refractivity contribution in [2.75, 3.05) is 196 Å². The van der Waals surface area contributed by atoms with E-state index in [4.69, 9.17) is 56.4 Å². The number of nitrogens with two attached hydrogens (primary N) is 1. The number of fused-ring (bicyclic) bond motifs is 4. The largest absolute Gasteiger partial charge is 0.396 e. The third kappa shape index (κ3) is 39.4. The number of hydrogen-bond donors (Lipinski definition) is 18. The Labute approximate surface area is 613 Å². The molecule has 4 unspecified atom stereocenters. The number of aliphatic hydroxyl groups excluding tert-OH is 11. The van der Waals surface area contributed by atoms with Crippen molar-refractivity contribution in [1.29, 1.82) is 0 Å². The van der Waals surface area contributed by atoms with Gasteiger partial charge in [0.15, 0.2) is 0 Å². The maximum absolute atomic E-state index is 10.5. The van der Waals surface area contributed by atoms with E-state index in [0.29, 0.717) is 42.7 Å². The van der Waals surface area contributed by atoms with Crippen molar-refractivity contribution in [3.8, 4) is 0 Å². The van der Waals surface area contributed by atoms with E-state index in [1.54, 1.807) is 14.1 Å². The van der Waals surface area contributed by atoms with Gasteiger partial charge < -0.3 is 123 Å². The van der Waals surface area contributed by atoms with E-state index in [2.05, 4.69) is 89.5 Å². The van der Waals surface area contributed by atoms with E-state index < -0.39 is 0 Å². The highest BCUT2D eigenvalue weighted by molar-refractivity contribution is 5.80. The number of amides is 1. The molecule has 0 aromatic heterocycles. The van der Waals surface area contributed by atoms with Crippen LogP contribution < -0.4 is 37.6 Å². The van der Waals surface area contributed by atoms with Crippen LogP contribution in [0.15, 0.2) is 0 Å². The Kier molecular flexibility index (Phi) is 50.5. The van der Waals surface area contributed by atoms with Crippen LogP contribution in [-0.4, -0.2) is 373 Å². The Balaban J connectivity index is 0.000000376. The summed E-state index contributed by atoms with van der Waals surface area (Å²) in [6.45, 7) is 17.9. The van der Waals surface area contributed by atoms with Crippen LogP contribution in [0.1, 0.15) is 162 Å².